The lowest BCUT2D eigenvalue weighted by Crippen LogP contribution is -2.38. The van der Waals surface area contributed by atoms with E-state index in [1.165, 1.54) is 0 Å². The molecule has 0 bridgehead atoms. The van der Waals surface area contributed by atoms with E-state index in [0.717, 1.165) is 23.5 Å². The van der Waals surface area contributed by atoms with E-state index in [9.17, 15) is 9.59 Å². The summed E-state index contributed by atoms with van der Waals surface area (Å²) in [6.45, 7) is 8.96. The molecule has 1 heterocycles. The van der Waals surface area contributed by atoms with Gasteiger partial charge in [0.15, 0.2) is 0 Å². The SMILES string of the molecule is CCOC(=O)CNC(=O)NCc1c(C)nn(CC)c1C. The first-order valence-electron chi connectivity index (χ1n) is 6.69. The highest BCUT2D eigenvalue weighted by molar-refractivity contribution is 5.80. The van der Waals surface area contributed by atoms with E-state index in [0.29, 0.717) is 13.2 Å². The van der Waals surface area contributed by atoms with Crippen LogP contribution in [-0.4, -0.2) is 34.9 Å². The summed E-state index contributed by atoms with van der Waals surface area (Å²) >= 11 is 0. The number of carbonyl (C=O) groups excluding carboxylic acids is 2. The van der Waals surface area contributed by atoms with Gasteiger partial charge in [-0.2, -0.15) is 5.10 Å². The minimum atomic E-state index is -0.450. The van der Waals surface area contributed by atoms with Crippen LogP contribution in [0.1, 0.15) is 30.8 Å². The molecule has 7 heteroatoms. The molecule has 1 rings (SSSR count). The maximum atomic E-state index is 11.6. The zero-order valence-corrected chi connectivity index (χ0v) is 12.4. The van der Waals surface area contributed by atoms with Crippen LogP contribution < -0.4 is 10.6 Å². The summed E-state index contributed by atoms with van der Waals surface area (Å²) in [5.74, 6) is -0.450. The monoisotopic (exact) mass is 282 g/mol. The molecule has 0 aromatic carbocycles. The van der Waals surface area contributed by atoms with Crippen LogP contribution in [0.5, 0.6) is 0 Å². The van der Waals surface area contributed by atoms with Gasteiger partial charge in [0.1, 0.15) is 6.54 Å². The van der Waals surface area contributed by atoms with Crippen LogP contribution in [0.25, 0.3) is 0 Å². The highest BCUT2D eigenvalue weighted by Gasteiger charge is 2.12. The van der Waals surface area contributed by atoms with E-state index in [2.05, 4.69) is 15.7 Å². The molecule has 20 heavy (non-hydrogen) atoms. The lowest BCUT2D eigenvalue weighted by molar-refractivity contribution is -0.141. The summed E-state index contributed by atoms with van der Waals surface area (Å²) in [6.07, 6.45) is 0. The molecular formula is C13H22N4O3. The third-order valence-electron chi connectivity index (χ3n) is 2.96. The fraction of sp³-hybridized carbons (Fsp3) is 0.615. The average molecular weight is 282 g/mol. The molecule has 0 saturated carbocycles. The number of carbonyl (C=O) groups is 2. The number of amides is 2. The van der Waals surface area contributed by atoms with E-state index in [1.807, 2.05) is 25.5 Å². The van der Waals surface area contributed by atoms with Gasteiger partial charge in [-0.3, -0.25) is 9.48 Å². The number of hydrogen-bond donors (Lipinski definition) is 2. The fourth-order valence-corrected chi connectivity index (χ4v) is 1.89. The summed E-state index contributed by atoms with van der Waals surface area (Å²) in [5.41, 5.74) is 2.93. The molecular weight excluding hydrogens is 260 g/mol. The van der Waals surface area contributed by atoms with E-state index in [4.69, 9.17) is 4.74 Å². The van der Waals surface area contributed by atoms with E-state index in [1.54, 1.807) is 6.92 Å². The van der Waals surface area contributed by atoms with E-state index < -0.39 is 12.0 Å². The molecule has 2 amide bonds. The highest BCUT2D eigenvalue weighted by Crippen LogP contribution is 2.12. The van der Waals surface area contributed by atoms with Crippen LogP contribution in [0, 0.1) is 13.8 Å². The quantitative estimate of drug-likeness (QED) is 0.759. The molecule has 0 unspecified atom stereocenters. The van der Waals surface area contributed by atoms with Gasteiger partial charge in [-0.05, 0) is 27.7 Å². The summed E-state index contributed by atoms with van der Waals surface area (Å²) in [6, 6.07) is -0.402. The van der Waals surface area contributed by atoms with Gasteiger partial charge in [0.25, 0.3) is 0 Å². The van der Waals surface area contributed by atoms with Crippen molar-refractivity contribution in [2.75, 3.05) is 13.2 Å². The standard InChI is InChI=1S/C13H22N4O3/c1-5-17-10(4)11(9(3)16-17)7-14-13(19)15-8-12(18)20-6-2/h5-8H2,1-4H3,(H2,14,15,19). The number of urea groups is 1. The first-order valence-corrected chi connectivity index (χ1v) is 6.69. The molecule has 7 nitrogen and oxygen atoms in total. The third-order valence-corrected chi connectivity index (χ3v) is 2.96. The Bertz CT molecular complexity index is 482. The Balaban J connectivity index is 2.45. The summed E-state index contributed by atoms with van der Waals surface area (Å²) in [5, 5.41) is 9.53. The number of aryl methyl sites for hydroxylation is 2. The minimum Gasteiger partial charge on any atom is -0.465 e. The van der Waals surface area contributed by atoms with Gasteiger partial charge in [-0.1, -0.05) is 0 Å². The number of nitrogens with zero attached hydrogens (tertiary/aromatic N) is 2. The molecule has 0 radical (unpaired) electrons. The van der Waals surface area contributed by atoms with Gasteiger partial charge in [0, 0.05) is 24.3 Å². The zero-order valence-electron chi connectivity index (χ0n) is 12.4. The minimum absolute atomic E-state index is 0.133. The molecule has 0 atom stereocenters. The molecule has 1 aromatic rings. The van der Waals surface area contributed by atoms with Crippen molar-refractivity contribution < 1.29 is 14.3 Å². The maximum Gasteiger partial charge on any atom is 0.325 e. The highest BCUT2D eigenvalue weighted by atomic mass is 16.5. The van der Waals surface area contributed by atoms with Gasteiger partial charge in [0.2, 0.25) is 0 Å². The lowest BCUT2D eigenvalue weighted by atomic mass is 10.2. The number of ether oxygens (including phenoxy) is 1. The molecule has 2 N–H and O–H groups in total. The number of esters is 1. The zero-order chi connectivity index (χ0) is 15.1. The van der Waals surface area contributed by atoms with E-state index >= 15 is 0 Å². The molecule has 0 aliphatic carbocycles. The maximum absolute atomic E-state index is 11.6. The Morgan fingerprint density at radius 3 is 2.50 bits per heavy atom. The Morgan fingerprint density at radius 1 is 1.25 bits per heavy atom. The second kappa shape index (κ2) is 7.52. The molecule has 0 aliphatic heterocycles. The van der Waals surface area contributed by atoms with Crippen molar-refractivity contribution in [1.82, 2.24) is 20.4 Å². The van der Waals surface area contributed by atoms with Crippen LogP contribution >= 0.6 is 0 Å². The van der Waals surface area contributed by atoms with Crippen LogP contribution in [0.15, 0.2) is 0 Å². The van der Waals surface area contributed by atoms with Crippen LogP contribution in [0.3, 0.4) is 0 Å². The lowest BCUT2D eigenvalue weighted by Gasteiger charge is -2.08. The topological polar surface area (TPSA) is 85.2 Å². The second-order valence-corrected chi connectivity index (χ2v) is 4.31. The number of nitrogens with one attached hydrogen (secondary N) is 2. The Hall–Kier alpha value is -2.05. The summed E-state index contributed by atoms with van der Waals surface area (Å²) < 4.78 is 6.61. The molecule has 0 saturated heterocycles. The van der Waals surface area contributed by atoms with Gasteiger partial charge < -0.3 is 15.4 Å². The van der Waals surface area contributed by atoms with Crippen LogP contribution in [0.2, 0.25) is 0 Å². The first-order chi connectivity index (χ1) is 9.49. The Morgan fingerprint density at radius 2 is 1.95 bits per heavy atom. The second-order valence-electron chi connectivity index (χ2n) is 4.31. The van der Waals surface area contributed by atoms with Crippen molar-refractivity contribution in [3.8, 4) is 0 Å². The average Bonchev–Trinajstić information content (AvgIpc) is 2.69. The largest absolute Gasteiger partial charge is 0.465 e. The van der Waals surface area contributed by atoms with Gasteiger partial charge in [-0.15, -0.1) is 0 Å². The normalized spacial score (nSPS) is 10.2. The van der Waals surface area contributed by atoms with Gasteiger partial charge in [-0.25, -0.2) is 4.79 Å². The Kier molecular flexibility index (Phi) is 6.02. The molecule has 112 valence electrons. The summed E-state index contributed by atoms with van der Waals surface area (Å²) in [7, 11) is 0. The number of aromatic nitrogens is 2. The fourth-order valence-electron chi connectivity index (χ4n) is 1.89. The molecule has 0 fully saturated rings. The van der Waals surface area contributed by atoms with Crippen molar-refractivity contribution >= 4 is 12.0 Å². The van der Waals surface area contributed by atoms with E-state index in [-0.39, 0.29) is 6.54 Å². The van der Waals surface area contributed by atoms with Gasteiger partial charge >= 0.3 is 12.0 Å². The molecule has 0 aliphatic rings. The first kappa shape index (κ1) is 16.0. The predicted octanol–water partition coefficient (Wildman–Crippen LogP) is 0.882. The number of rotatable bonds is 6. The van der Waals surface area contributed by atoms with Crippen molar-refractivity contribution in [1.29, 1.82) is 0 Å². The smallest absolute Gasteiger partial charge is 0.325 e. The van der Waals surface area contributed by atoms with Crippen molar-refractivity contribution in [3.05, 3.63) is 17.0 Å². The van der Waals surface area contributed by atoms with Crippen molar-refractivity contribution in [2.45, 2.75) is 40.8 Å². The van der Waals surface area contributed by atoms with Crippen molar-refractivity contribution in [2.24, 2.45) is 0 Å². The van der Waals surface area contributed by atoms with Gasteiger partial charge in [0.05, 0.1) is 12.3 Å². The number of hydrogen-bond acceptors (Lipinski definition) is 4. The molecule has 1 aromatic heterocycles. The molecule has 0 spiro atoms. The van der Waals surface area contributed by atoms with Crippen LogP contribution in [-0.2, 0) is 22.6 Å². The predicted molar refractivity (Wildman–Crippen MR) is 74.2 cm³/mol. The van der Waals surface area contributed by atoms with Crippen LogP contribution in [0.4, 0.5) is 4.79 Å². The van der Waals surface area contributed by atoms with Crippen molar-refractivity contribution in [3.63, 3.8) is 0 Å². The summed E-state index contributed by atoms with van der Waals surface area (Å²) in [4.78, 5) is 22.7. The third kappa shape index (κ3) is 4.25. The Labute approximate surface area is 118 Å².